The van der Waals surface area contributed by atoms with Gasteiger partial charge < -0.3 is 5.73 Å². The molecule has 2 N–H and O–H groups in total. The first-order valence-electron chi connectivity index (χ1n) is 8.80. The third-order valence-electron chi connectivity index (χ3n) is 5.11. The lowest BCUT2D eigenvalue weighted by molar-refractivity contribution is -0.121. The number of nitrogens with two attached hydrogens (primary N) is 1. The van der Waals surface area contributed by atoms with Crippen LogP contribution in [0.15, 0.2) is 42.7 Å². The number of aryl methyl sites for hydroxylation is 2. The molecule has 0 saturated heterocycles. The molecule has 0 unspecified atom stereocenters. The lowest BCUT2D eigenvalue weighted by atomic mass is 9.85. The maximum absolute atomic E-state index is 13.2. The molecule has 0 fully saturated rings. The van der Waals surface area contributed by atoms with Gasteiger partial charge in [-0.25, -0.2) is 15.0 Å². The molecule has 27 heavy (non-hydrogen) atoms. The zero-order valence-electron chi connectivity index (χ0n) is 15.8. The summed E-state index contributed by atoms with van der Waals surface area (Å²) in [6, 6.07) is 9.71. The van der Waals surface area contributed by atoms with E-state index in [1.54, 1.807) is 17.3 Å². The van der Waals surface area contributed by atoms with E-state index in [1.165, 1.54) is 0 Å². The topological polar surface area (TPSA) is 85.0 Å². The summed E-state index contributed by atoms with van der Waals surface area (Å²) in [6.45, 7) is 7.61. The fourth-order valence-corrected chi connectivity index (χ4v) is 3.36. The highest BCUT2D eigenvalue weighted by atomic mass is 16.2. The molecule has 2 aromatic heterocycles. The van der Waals surface area contributed by atoms with E-state index < -0.39 is 5.41 Å². The number of hydrogen-bond donors (Lipinski definition) is 1. The highest BCUT2D eigenvalue weighted by Crippen LogP contribution is 2.46. The summed E-state index contributed by atoms with van der Waals surface area (Å²) in [6.07, 6.45) is 3.58. The standard InChI is InChI=1S/C21H21N5O/c1-12-5-8-18(25-19(12)22)26-17-9-14(15-10-23-13(2)24-11-15)6-7-16(17)21(3,4)20(26)27/h5-11H,1-4H3,(H2,22,25). The molecule has 0 bridgehead atoms. The van der Waals surface area contributed by atoms with E-state index in [4.69, 9.17) is 5.73 Å². The van der Waals surface area contributed by atoms with E-state index in [1.807, 2.05) is 58.0 Å². The Morgan fingerprint density at radius 1 is 1.00 bits per heavy atom. The number of anilines is 3. The SMILES string of the molecule is Cc1ncc(-c2ccc3c(c2)N(c2ccc(C)c(N)n2)C(=O)C3(C)C)cn1. The van der Waals surface area contributed by atoms with Crippen LogP contribution in [0.5, 0.6) is 0 Å². The fraction of sp³-hybridized carbons (Fsp3) is 0.238. The third-order valence-corrected chi connectivity index (χ3v) is 5.11. The van der Waals surface area contributed by atoms with Gasteiger partial charge >= 0.3 is 0 Å². The molecule has 1 aromatic carbocycles. The Morgan fingerprint density at radius 2 is 1.70 bits per heavy atom. The Morgan fingerprint density at radius 3 is 2.37 bits per heavy atom. The van der Waals surface area contributed by atoms with E-state index in [9.17, 15) is 4.79 Å². The molecule has 0 radical (unpaired) electrons. The molecule has 0 saturated carbocycles. The number of carbonyl (C=O) groups is 1. The van der Waals surface area contributed by atoms with Crippen molar-refractivity contribution >= 4 is 23.2 Å². The van der Waals surface area contributed by atoms with Crippen LogP contribution in [-0.2, 0) is 10.2 Å². The van der Waals surface area contributed by atoms with Crippen LogP contribution in [0.2, 0.25) is 0 Å². The van der Waals surface area contributed by atoms with Gasteiger partial charge in [-0.2, -0.15) is 0 Å². The van der Waals surface area contributed by atoms with Gasteiger partial charge in [0.1, 0.15) is 17.5 Å². The van der Waals surface area contributed by atoms with Crippen molar-refractivity contribution in [3.63, 3.8) is 0 Å². The summed E-state index contributed by atoms with van der Waals surface area (Å²) in [5.41, 5.74) is 9.87. The van der Waals surface area contributed by atoms with Gasteiger partial charge in [0.25, 0.3) is 0 Å². The van der Waals surface area contributed by atoms with Crippen molar-refractivity contribution in [2.75, 3.05) is 10.6 Å². The maximum Gasteiger partial charge on any atom is 0.242 e. The number of pyridine rings is 1. The Balaban J connectivity index is 1.88. The zero-order valence-corrected chi connectivity index (χ0v) is 15.8. The molecule has 0 aliphatic carbocycles. The molecule has 0 atom stereocenters. The number of nitrogens with zero attached hydrogens (tertiary/aromatic N) is 4. The first-order chi connectivity index (χ1) is 12.8. The van der Waals surface area contributed by atoms with Crippen molar-refractivity contribution in [1.29, 1.82) is 0 Å². The van der Waals surface area contributed by atoms with Crippen molar-refractivity contribution in [2.45, 2.75) is 33.1 Å². The van der Waals surface area contributed by atoms with Crippen LogP contribution < -0.4 is 10.6 Å². The minimum Gasteiger partial charge on any atom is -0.383 e. The lowest BCUT2D eigenvalue weighted by Gasteiger charge is -2.20. The number of rotatable bonds is 2. The molecule has 1 amide bonds. The van der Waals surface area contributed by atoms with Gasteiger partial charge in [-0.05, 0) is 56.5 Å². The Kier molecular flexibility index (Phi) is 3.73. The van der Waals surface area contributed by atoms with Crippen molar-refractivity contribution in [3.8, 4) is 11.1 Å². The summed E-state index contributed by atoms with van der Waals surface area (Å²) >= 11 is 0. The van der Waals surface area contributed by atoms with Gasteiger partial charge in [0.15, 0.2) is 0 Å². The Hall–Kier alpha value is -3.28. The van der Waals surface area contributed by atoms with Gasteiger partial charge in [0.05, 0.1) is 11.1 Å². The van der Waals surface area contributed by atoms with Crippen LogP contribution in [-0.4, -0.2) is 20.9 Å². The monoisotopic (exact) mass is 359 g/mol. The first kappa shape index (κ1) is 17.1. The number of benzene rings is 1. The quantitative estimate of drug-likeness (QED) is 0.754. The van der Waals surface area contributed by atoms with E-state index in [-0.39, 0.29) is 5.91 Å². The largest absolute Gasteiger partial charge is 0.383 e. The zero-order chi connectivity index (χ0) is 19.3. The minimum absolute atomic E-state index is 0.0226. The van der Waals surface area contributed by atoms with Gasteiger partial charge in [0, 0.05) is 18.0 Å². The molecule has 3 heterocycles. The summed E-state index contributed by atoms with van der Waals surface area (Å²) in [7, 11) is 0. The summed E-state index contributed by atoms with van der Waals surface area (Å²) in [4.78, 5) is 27.8. The van der Waals surface area contributed by atoms with E-state index in [2.05, 4.69) is 15.0 Å². The number of nitrogen functional groups attached to an aromatic ring is 1. The Bertz CT molecular complexity index is 1060. The number of hydrogen-bond acceptors (Lipinski definition) is 5. The highest BCUT2D eigenvalue weighted by molar-refractivity contribution is 6.12. The average molecular weight is 359 g/mol. The normalized spacial score (nSPS) is 15.1. The molecule has 0 spiro atoms. The van der Waals surface area contributed by atoms with E-state index >= 15 is 0 Å². The van der Waals surface area contributed by atoms with Crippen molar-refractivity contribution in [2.24, 2.45) is 0 Å². The number of carbonyl (C=O) groups excluding carboxylic acids is 1. The van der Waals surface area contributed by atoms with Crippen molar-refractivity contribution < 1.29 is 4.79 Å². The molecule has 136 valence electrons. The molecule has 4 rings (SSSR count). The molecular weight excluding hydrogens is 338 g/mol. The fourth-order valence-electron chi connectivity index (χ4n) is 3.36. The smallest absolute Gasteiger partial charge is 0.242 e. The van der Waals surface area contributed by atoms with Gasteiger partial charge in [0.2, 0.25) is 5.91 Å². The Labute approximate surface area is 158 Å². The summed E-state index contributed by atoms with van der Waals surface area (Å²) < 4.78 is 0. The van der Waals surface area contributed by atoms with E-state index in [0.717, 1.165) is 33.8 Å². The number of amides is 1. The molecule has 6 heteroatoms. The van der Waals surface area contributed by atoms with E-state index in [0.29, 0.717) is 11.6 Å². The maximum atomic E-state index is 13.2. The van der Waals surface area contributed by atoms with Gasteiger partial charge in [-0.1, -0.05) is 18.2 Å². The predicted octanol–water partition coefficient (Wildman–Crippen LogP) is 3.69. The minimum atomic E-state index is -0.640. The molecule has 6 nitrogen and oxygen atoms in total. The van der Waals surface area contributed by atoms with Crippen LogP contribution in [0.4, 0.5) is 17.3 Å². The molecule has 3 aromatic rings. The predicted molar refractivity (Wildman–Crippen MR) is 106 cm³/mol. The summed E-state index contributed by atoms with van der Waals surface area (Å²) in [5, 5.41) is 0. The number of aromatic nitrogens is 3. The molecule has 1 aliphatic heterocycles. The van der Waals surface area contributed by atoms with Gasteiger partial charge in [-0.3, -0.25) is 9.69 Å². The van der Waals surface area contributed by atoms with Crippen LogP contribution in [0.3, 0.4) is 0 Å². The van der Waals surface area contributed by atoms with Gasteiger partial charge in [-0.15, -0.1) is 0 Å². The van der Waals surface area contributed by atoms with Crippen LogP contribution in [0.1, 0.15) is 30.8 Å². The van der Waals surface area contributed by atoms with Crippen LogP contribution >= 0.6 is 0 Å². The number of fused-ring (bicyclic) bond motifs is 1. The van der Waals surface area contributed by atoms with Crippen molar-refractivity contribution in [3.05, 3.63) is 59.7 Å². The third kappa shape index (κ3) is 2.65. The molecule has 1 aliphatic rings. The summed E-state index contributed by atoms with van der Waals surface area (Å²) in [5.74, 6) is 1.66. The second kappa shape index (κ2) is 5.87. The van der Waals surface area contributed by atoms with Crippen LogP contribution in [0, 0.1) is 13.8 Å². The lowest BCUT2D eigenvalue weighted by Crippen LogP contribution is -2.33. The second-order valence-electron chi connectivity index (χ2n) is 7.39. The first-order valence-corrected chi connectivity index (χ1v) is 8.80. The van der Waals surface area contributed by atoms with Crippen LogP contribution in [0.25, 0.3) is 11.1 Å². The highest BCUT2D eigenvalue weighted by Gasteiger charge is 2.45. The second-order valence-corrected chi connectivity index (χ2v) is 7.39. The van der Waals surface area contributed by atoms with Crippen molar-refractivity contribution in [1.82, 2.24) is 15.0 Å². The average Bonchev–Trinajstić information content (AvgIpc) is 2.84. The molecular formula is C21H21N5O.